The minimum absolute atomic E-state index is 0.00874. The number of morpholine rings is 1. The van der Waals surface area contributed by atoms with Crippen LogP contribution in [-0.4, -0.2) is 56.6 Å². The normalized spacial score (nSPS) is 13.8. The zero-order valence-corrected chi connectivity index (χ0v) is 17.7. The zero-order chi connectivity index (χ0) is 21.6. The fourth-order valence-electron chi connectivity index (χ4n) is 3.83. The van der Waals surface area contributed by atoms with Gasteiger partial charge in [-0.1, -0.05) is 42.5 Å². The maximum atomic E-state index is 12.7. The molecule has 2 amide bonds. The van der Waals surface area contributed by atoms with E-state index in [9.17, 15) is 9.59 Å². The van der Waals surface area contributed by atoms with Crippen LogP contribution in [0, 0.1) is 0 Å². The molecule has 0 atom stereocenters. The summed E-state index contributed by atoms with van der Waals surface area (Å²) in [5.74, 6) is -0.304. The summed E-state index contributed by atoms with van der Waals surface area (Å²) in [6, 6.07) is 21.7. The number of carbonyl (C=O) groups is 2. The van der Waals surface area contributed by atoms with Crippen LogP contribution in [0.1, 0.15) is 5.56 Å². The first-order valence-electron chi connectivity index (χ1n) is 10.5. The number of hydrogen-bond donors (Lipinski definition) is 1. The number of amides is 2. The molecule has 1 N–H and O–H groups in total. The maximum Gasteiger partial charge on any atom is 0.243 e. The van der Waals surface area contributed by atoms with E-state index in [1.54, 1.807) is 7.05 Å². The van der Waals surface area contributed by atoms with Crippen LogP contribution in [0.15, 0.2) is 66.7 Å². The summed E-state index contributed by atoms with van der Waals surface area (Å²) >= 11 is 0. The second kappa shape index (κ2) is 9.62. The monoisotopic (exact) mass is 417 g/mol. The van der Waals surface area contributed by atoms with Crippen molar-refractivity contribution >= 4 is 34.0 Å². The lowest BCUT2D eigenvalue weighted by atomic mass is 10.0. The molecule has 4 rings (SSSR count). The number of carbonyl (C=O) groups excluding carboxylic acids is 2. The van der Waals surface area contributed by atoms with Crippen molar-refractivity contribution in [1.29, 1.82) is 0 Å². The fourth-order valence-corrected chi connectivity index (χ4v) is 3.83. The molecule has 0 aliphatic carbocycles. The Kier molecular flexibility index (Phi) is 6.48. The largest absolute Gasteiger partial charge is 0.378 e. The number of nitrogens with one attached hydrogen (secondary N) is 1. The van der Waals surface area contributed by atoms with Crippen LogP contribution >= 0.6 is 0 Å². The van der Waals surface area contributed by atoms with Crippen molar-refractivity contribution in [3.8, 4) is 0 Å². The number of likely N-dealkylation sites (N-methyl/N-ethyl adjacent to an activating group) is 1. The number of rotatable bonds is 6. The molecule has 0 aromatic heterocycles. The van der Waals surface area contributed by atoms with Gasteiger partial charge < -0.3 is 19.9 Å². The zero-order valence-electron chi connectivity index (χ0n) is 17.7. The van der Waals surface area contributed by atoms with E-state index in [2.05, 4.69) is 10.2 Å². The topological polar surface area (TPSA) is 61.9 Å². The van der Waals surface area contributed by atoms with E-state index in [0.29, 0.717) is 0 Å². The molecule has 1 fully saturated rings. The molecule has 1 aliphatic rings. The van der Waals surface area contributed by atoms with Gasteiger partial charge in [0.25, 0.3) is 0 Å². The average molecular weight is 418 g/mol. The Hall–Kier alpha value is -3.38. The van der Waals surface area contributed by atoms with Crippen molar-refractivity contribution in [1.82, 2.24) is 4.90 Å². The van der Waals surface area contributed by atoms with Crippen molar-refractivity contribution < 1.29 is 14.3 Å². The third-order valence-corrected chi connectivity index (χ3v) is 5.56. The van der Waals surface area contributed by atoms with Crippen molar-refractivity contribution in [2.24, 2.45) is 0 Å². The Labute approximate surface area is 182 Å². The smallest absolute Gasteiger partial charge is 0.243 e. The van der Waals surface area contributed by atoms with Crippen LogP contribution < -0.4 is 10.2 Å². The summed E-state index contributed by atoms with van der Waals surface area (Å²) in [5, 5.41) is 5.05. The third kappa shape index (κ3) is 5.22. The van der Waals surface area contributed by atoms with Gasteiger partial charge in [0.05, 0.1) is 26.2 Å². The highest BCUT2D eigenvalue weighted by Gasteiger charge is 2.15. The summed E-state index contributed by atoms with van der Waals surface area (Å²) in [5.41, 5.74) is 2.80. The number of benzene rings is 3. The van der Waals surface area contributed by atoms with Crippen molar-refractivity contribution in [3.05, 3.63) is 72.3 Å². The van der Waals surface area contributed by atoms with Crippen LogP contribution in [0.4, 0.5) is 11.4 Å². The van der Waals surface area contributed by atoms with E-state index in [4.69, 9.17) is 4.74 Å². The lowest BCUT2D eigenvalue weighted by Crippen LogP contribution is -2.36. The van der Waals surface area contributed by atoms with Crippen molar-refractivity contribution in [2.75, 3.05) is 50.1 Å². The van der Waals surface area contributed by atoms with Gasteiger partial charge in [0, 0.05) is 31.5 Å². The lowest BCUT2D eigenvalue weighted by Gasteiger charge is -2.28. The van der Waals surface area contributed by atoms with Gasteiger partial charge in [0.1, 0.15) is 0 Å². The van der Waals surface area contributed by atoms with Gasteiger partial charge in [0.2, 0.25) is 11.8 Å². The van der Waals surface area contributed by atoms with Crippen LogP contribution in [0.25, 0.3) is 10.8 Å². The average Bonchev–Trinajstić information content (AvgIpc) is 2.80. The molecule has 31 heavy (non-hydrogen) atoms. The standard InChI is InChI=1S/C25H27N3O3/c1-27(25(30)17-20-7-4-6-19-5-2-3-8-23(19)20)18-24(29)26-21-9-11-22(12-10-21)28-13-15-31-16-14-28/h2-12H,13-18H2,1H3,(H,26,29). The van der Waals surface area contributed by atoms with E-state index in [0.717, 1.165) is 54.0 Å². The highest BCUT2D eigenvalue weighted by molar-refractivity contribution is 5.96. The van der Waals surface area contributed by atoms with Crippen molar-refractivity contribution in [2.45, 2.75) is 6.42 Å². The molecule has 3 aromatic carbocycles. The number of anilines is 2. The Morgan fingerprint density at radius 3 is 2.45 bits per heavy atom. The van der Waals surface area contributed by atoms with Gasteiger partial charge in [-0.25, -0.2) is 0 Å². The molecule has 0 radical (unpaired) electrons. The first kappa shape index (κ1) is 20.9. The first-order valence-corrected chi connectivity index (χ1v) is 10.5. The Bertz CT molecular complexity index is 1050. The number of hydrogen-bond acceptors (Lipinski definition) is 4. The van der Waals surface area contributed by atoms with Gasteiger partial charge in [-0.05, 0) is 40.6 Å². The molecule has 0 spiro atoms. The van der Waals surface area contributed by atoms with E-state index < -0.39 is 0 Å². The van der Waals surface area contributed by atoms with Gasteiger partial charge in [-0.15, -0.1) is 0 Å². The van der Waals surface area contributed by atoms with Gasteiger partial charge in [-0.2, -0.15) is 0 Å². The molecule has 0 bridgehead atoms. The van der Waals surface area contributed by atoms with Crippen molar-refractivity contribution in [3.63, 3.8) is 0 Å². The van der Waals surface area contributed by atoms with E-state index in [1.165, 1.54) is 4.90 Å². The molecule has 160 valence electrons. The van der Waals surface area contributed by atoms with Crippen LogP contribution in [-0.2, 0) is 20.7 Å². The Morgan fingerprint density at radius 2 is 1.68 bits per heavy atom. The number of nitrogens with zero attached hydrogens (tertiary/aromatic N) is 2. The summed E-state index contributed by atoms with van der Waals surface area (Å²) in [6.07, 6.45) is 0.263. The lowest BCUT2D eigenvalue weighted by molar-refractivity contribution is -0.132. The number of fused-ring (bicyclic) bond motifs is 1. The van der Waals surface area contributed by atoms with E-state index in [1.807, 2.05) is 66.7 Å². The minimum atomic E-state index is -0.215. The summed E-state index contributed by atoms with van der Waals surface area (Å²) in [7, 11) is 1.66. The Morgan fingerprint density at radius 1 is 0.968 bits per heavy atom. The highest BCUT2D eigenvalue weighted by Crippen LogP contribution is 2.20. The van der Waals surface area contributed by atoms with Gasteiger partial charge >= 0.3 is 0 Å². The van der Waals surface area contributed by atoms with Gasteiger partial charge in [-0.3, -0.25) is 9.59 Å². The van der Waals surface area contributed by atoms with E-state index >= 15 is 0 Å². The second-order valence-electron chi connectivity index (χ2n) is 7.76. The predicted molar refractivity (Wildman–Crippen MR) is 123 cm³/mol. The third-order valence-electron chi connectivity index (χ3n) is 5.56. The Balaban J connectivity index is 1.32. The predicted octanol–water partition coefficient (Wildman–Crippen LogP) is 3.32. The molecular weight excluding hydrogens is 390 g/mol. The van der Waals surface area contributed by atoms with Gasteiger partial charge in [0.15, 0.2) is 0 Å². The molecule has 0 unspecified atom stereocenters. The molecule has 1 aliphatic heterocycles. The molecule has 6 nitrogen and oxygen atoms in total. The molecule has 1 saturated heterocycles. The fraction of sp³-hybridized carbons (Fsp3) is 0.280. The maximum absolute atomic E-state index is 12.7. The summed E-state index contributed by atoms with van der Waals surface area (Å²) < 4.78 is 5.38. The quantitative estimate of drug-likeness (QED) is 0.668. The van der Waals surface area contributed by atoms with Crippen LogP contribution in [0.2, 0.25) is 0 Å². The molecule has 0 saturated carbocycles. The molecule has 6 heteroatoms. The minimum Gasteiger partial charge on any atom is -0.378 e. The summed E-state index contributed by atoms with van der Waals surface area (Å²) in [4.78, 5) is 28.9. The SMILES string of the molecule is CN(CC(=O)Nc1ccc(N2CCOCC2)cc1)C(=O)Cc1cccc2ccccc12. The number of ether oxygens (including phenoxy) is 1. The van der Waals surface area contributed by atoms with E-state index in [-0.39, 0.29) is 24.8 Å². The molecule has 1 heterocycles. The summed E-state index contributed by atoms with van der Waals surface area (Å²) in [6.45, 7) is 3.22. The van der Waals surface area contributed by atoms with Crippen LogP contribution in [0.3, 0.4) is 0 Å². The first-order chi connectivity index (χ1) is 15.1. The molecule has 3 aromatic rings. The van der Waals surface area contributed by atoms with Crippen LogP contribution in [0.5, 0.6) is 0 Å². The highest BCUT2D eigenvalue weighted by atomic mass is 16.5. The molecular formula is C25H27N3O3. The second-order valence-corrected chi connectivity index (χ2v) is 7.76.